The maximum Gasteiger partial charge on any atom is 0.229 e. The van der Waals surface area contributed by atoms with Crippen LogP contribution in [0.5, 0.6) is 0 Å². The number of carbonyl (C=O) groups excluding carboxylic acids is 1. The lowest BCUT2D eigenvalue weighted by Crippen LogP contribution is -2.20. The lowest BCUT2D eigenvalue weighted by molar-refractivity contribution is -0.118. The van der Waals surface area contributed by atoms with Crippen LogP contribution in [0.3, 0.4) is 0 Å². The van der Waals surface area contributed by atoms with Gasteiger partial charge in [0.05, 0.1) is 23.1 Å². The third-order valence-corrected chi connectivity index (χ3v) is 4.77. The van der Waals surface area contributed by atoms with E-state index in [4.69, 9.17) is 10.7 Å². The number of imidazole rings is 1. The van der Waals surface area contributed by atoms with Crippen LogP contribution >= 0.6 is 0 Å². The van der Waals surface area contributed by atoms with E-state index in [0.29, 0.717) is 0 Å². The molecule has 0 radical (unpaired) electrons. The number of hydrogen-bond donors (Lipinski definition) is 2. The average molecular weight is 326 g/mol. The molecule has 0 bridgehead atoms. The summed E-state index contributed by atoms with van der Waals surface area (Å²) in [5, 5.41) is 0. The molecule has 0 saturated heterocycles. The molecule has 1 atom stereocenters. The minimum Gasteiger partial charge on any atom is -0.369 e. The third-order valence-electron chi connectivity index (χ3n) is 4.77. The zero-order chi connectivity index (χ0) is 17.0. The van der Waals surface area contributed by atoms with Gasteiger partial charge in [0.2, 0.25) is 5.91 Å². The Morgan fingerprint density at radius 2 is 1.80 bits per heavy atom. The Morgan fingerprint density at radius 3 is 2.64 bits per heavy atom. The Balaban J connectivity index is 1.82. The number of hydrogen-bond acceptors (Lipinski definition) is 3. The van der Waals surface area contributed by atoms with E-state index in [1.165, 1.54) is 0 Å². The van der Waals surface area contributed by atoms with Crippen LogP contribution in [0.15, 0.2) is 60.9 Å². The van der Waals surface area contributed by atoms with E-state index in [9.17, 15) is 4.79 Å². The number of carbonyl (C=O) groups is 1. The van der Waals surface area contributed by atoms with Crippen molar-refractivity contribution in [3.63, 3.8) is 0 Å². The summed E-state index contributed by atoms with van der Waals surface area (Å²) in [5.41, 5.74) is 12.4. The van der Waals surface area contributed by atoms with E-state index in [-0.39, 0.29) is 5.91 Å². The van der Waals surface area contributed by atoms with E-state index in [2.05, 4.69) is 9.97 Å². The molecule has 0 fully saturated rings. The summed E-state index contributed by atoms with van der Waals surface area (Å²) in [6.45, 7) is 0. The molecular formula is C20H14N4O. The number of aromatic nitrogens is 3. The Morgan fingerprint density at radius 1 is 1.00 bits per heavy atom. The molecule has 0 aliphatic heterocycles. The first-order valence-corrected chi connectivity index (χ1v) is 8.05. The van der Waals surface area contributed by atoms with Crippen molar-refractivity contribution in [1.29, 1.82) is 0 Å². The zero-order valence-corrected chi connectivity index (χ0v) is 13.2. The van der Waals surface area contributed by atoms with E-state index in [1.54, 1.807) is 12.4 Å². The molecule has 2 heterocycles. The van der Waals surface area contributed by atoms with Gasteiger partial charge in [-0.15, -0.1) is 0 Å². The molecule has 4 aromatic rings. The van der Waals surface area contributed by atoms with E-state index in [0.717, 1.165) is 44.7 Å². The van der Waals surface area contributed by atoms with Crippen molar-refractivity contribution >= 4 is 16.9 Å². The smallest absolute Gasteiger partial charge is 0.229 e. The molecule has 0 saturated carbocycles. The number of primary amides is 1. The van der Waals surface area contributed by atoms with Gasteiger partial charge < -0.3 is 10.7 Å². The molecule has 1 aliphatic carbocycles. The number of amides is 1. The molecule has 2 aromatic carbocycles. The molecule has 1 amide bonds. The number of nitrogens with two attached hydrogens (primary N) is 1. The highest BCUT2D eigenvalue weighted by Crippen LogP contribution is 2.48. The minimum atomic E-state index is -0.419. The highest BCUT2D eigenvalue weighted by Gasteiger charge is 2.34. The van der Waals surface area contributed by atoms with Crippen LogP contribution in [-0.4, -0.2) is 20.9 Å². The molecule has 3 N–H and O–H groups in total. The van der Waals surface area contributed by atoms with Gasteiger partial charge in [-0.05, 0) is 28.3 Å². The summed E-state index contributed by atoms with van der Waals surface area (Å²) in [6.07, 6.45) is 3.48. The summed E-state index contributed by atoms with van der Waals surface area (Å²) >= 11 is 0. The Labute approximate surface area is 143 Å². The molecule has 25 heavy (non-hydrogen) atoms. The minimum absolute atomic E-state index is 0.336. The second kappa shape index (κ2) is 5.01. The van der Waals surface area contributed by atoms with Crippen LogP contribution in [0.4, 0.5) is 0 Å². The molecule has 2 aromatic heterocycles. The van der Waals surface area contributed by atoms with Gasteiger partial charge in [-0.3, -0.25) is 9.78 Å². The fourth-order valence-corrected chi connectivity index (χ4v) is 3.74. The van der Waals surface area contributed by atoms with Crippen molar-refractivity contribution in [2.75, 3.05) is 0 Å². The topological polar surface area (TPSA) is 84.7 Å². The predicted molar refractivity (Wildman–Crippen MR) is 95.8 cm³/mol. The van der Waals surface area contributed by atoms with Gasteiger partial charge in [-0.1, -0.05) is 42.5 Å². The predicted octanol–water partition coefficient (Wildman–Crippen LogP) is 3.22. The van der Waals surface area contributed by atoms with Crippen LogP contribution in [-0.2, 0) is 4.79 Å². The van der Waals surface area contributed by atoms with Crippen LogP contribution in [0.25, 0.3) is 33.5 Å². The molecule has 5 nitrogen and oxygen atoms in total. The van der Waals surface area contributed by atoms with Crippen LogP contribution in [0.2, 0.25) is 0 Å². The second-order valence-electron chi connectivity index (χ2n) is 6.17. The Kier molecular flexibility index (Phi) is 2.79. The number of nitrogens with one attached hydrogen (secondary N) is 1. The van der Waals surface area contributed by atoms with Gasteiger partial charge in [-0.25, -0.2) is 4.98 Å². The fourth-order valence-electron chi connectivity index (χ4n) is 3.74. The van der Waals surface area contributed by atoms with Gasteiger partial charge in [0.15, 0.2) is 0 Å². The lowest BCUT2D eigenvalue weighted by Gasteiger charge is -2.09. The van der Waals surface area contributed by atoms with Crippen molar-refractivity contribution in [3.8, 4) is 22.5 Å². The van der Waals surface area contributed by atoms with Crippen molar-refractivity contribution in [2.24, 2.45) is 5.73 Å². The van der Waals surface area contributed by atoms with E-state index < -0.39 is 5.92 Å². The Bertz CT molecular complexity index is 1110. The number of fused-ring (bicyclic) bond motifs is 4. The number of rotatable bonds is 2. The summed E-state index contributed by atoms with van der Waals surface area (Å²) < 4.78 is 0. The monoisotopic (exact) mass is 326 g/mol. The van der Waals surface area contributed by atoms with Crippen LogP contribution < -0.4 is 5.73 Å². The molecule has 0 unspecified atom stereocenters. The first-order chi connectivity index (χ1) is 12.2. The number of aromatic amines is 1. The van der Waals surface area contributed by atoms with Gasteiger partial charge in [0, 0.05) is 11.8 Å². The highest BCUT2D eigenvalue weighted by molar-refractivity contribution is 6.00. The van der Waals surface area contributed by atoms with Crippen molar-refractivity contribution < 1.29 is 4.79 Å². The standard InChI is InChI=1S/C20H14N4O/c21-19(25)18-12-5-2-1-4-11(12)17-13(18)6-3-7-14(17)20-23-15-8-9-22-10-16(15)24-20/h1-10,18H,(H2,21,25)(H,23,24)/t18-/m1/s1. The fraction of sp³-hybridized carbons (Fsp3) is 0.0500. The van der Waals surface area contributed by atoms with E-state index in [1.807, 2.05) is 48.5 Å². The maximum atomic E-state index is 12.1. The van der Waals surface area contributed by atoms with E-state index >= 15 is 0 Å². The van der Waals surface area contributed by atoms with Crippen molar-refractivity contribution in [1.82, 2.24) is 15.0 Å². The first-order valence-electron chi connectivity index (χ1n) is 8.05. The van der Waals surface area contributed by atoms with Crippen LogP contribution in [0, 0.1) is 0 Å². The van der Waals surface area contributed by atoms with Gasteiger partial charge in [0.1, 0.15) is 5.82 Å². The summed E-state index contributed by atoms with van der Waals surface area (Å²) in [5.74, 6) is 0.00845. The molecule has 5 heteroatoms. The quantitative estimate of drug-likeness (QED) is 0.593. The van der Waals surface area contributed by atoms with Gasteiger partial charge in [-0.2, -0.15) is 0 Å². The maximum absolute atomic E-state index is 12.1. The molecule has 0 spiro atoms. The SMILES string of the molecule is NC(=O)[C@@H]1c2ccccc2-c2c(-c3nc4ccncc4[nH]3)cccc21. The zero-order valence-electron chi connectivity index (χ0n) is 13.2. The molecular weight excluding hydrogens is 312 g/mol. The first kappa shape index (κ1) is 13.9. The molecule has 5 rings (SSSR count). The third kappa shape index (κ3) is 1.92. The van der Waals surface area contributed by atoms with Crippen LogP contribution in [0.1, 0.15) is 17.0 Å². The number of benzene rings is 2. The summed E-state index contributed by atoms with van der Waals surface area (Å²) in [6, 6.07) is 15.7. The van der Waals surface area contributed by atoms with Crippen molar-refractivity contribution in [2.45, 2.75) is 5.92 Å². The summed E-state index contributed by atoms with van der Waals surface area (Å²) in [4.78, 5) is 24.3. The molecule has 1 aliphatic rings. The number of H-pyrrole nitrogens is 1. The largest absolute Gasteiger partial charge is 0.369 e. The number of pyridine rings is 1. The second-order valence-corrected chi connectivity index (χ2v) is 6.17. The van der Waals surface area contributed by atoms with Gasteiger partial charge >= 0.3 is 0 Å². The number of nitrogens with zero attached hydrogens (tertiary/aromatic N) is 2. The highest BCUT2D eigenvalue weighted by atomic mass is 16.1. The average Bonchev–Trinajstić information content (AvgIpc) is 3.20. The normalized spacial score (nSPS) is 15.1. The summed E-state index contributed by atoms with van der Waals surface area (Å²) in [7, 11) is 0. The van der Waals surface area contributed by atoms with Crippen molar-refractivity contribution in [3.05, 3.63) is 72.1 Å². The molecule has 120 valence electrons. The Hall–Kier alpha value is -3.47. The van der Waals surface area contributed by atoms with Gasteiger partial charge in [0.25, 0.3) is 0 Å². The lowest BCUT2D eigenvalue weighted by atomic mass is 9.95.